The Morgan fingerprint density at radius 2 is 1.96 bits per heavy atom. The average Bonchev–Trinajstić information content (AvgIpc) is 2.95. The average molecular weight is 335 g/mol. The second-order valence-corrected chi connectivity index (χ2v) is 5.92. The summed E-state index contributed by atoms with van der Waals surface area (Å²) in [6.07, 6.45) is 1.77. The molecule has 1 aliphatic heterocycles. The van der Waals surface area contributed by atoms with E-state index in [2.05, 4.69) is 16.4 Å². The number of carbonyl (C=O) groups is 1. The van der Waals surface area contributed by atoms with Crippen molar-refractivity contribution >= 4 is 34.6 Å². The number of amidine groups is 1. The van der Waals surface area contributed by atoms with Gasteiger partial charge in [0.25, 0.3) is 5.91 Å². The second-order valence-electron chi connectivity index (χ2n) is 4.89. The van der Waals surface area contributed by atoms with Crippen LogP contribution in [0.2, 0.25) is 0 Å². The Hall–Kier alpha value is -3.04. The molecule has 1 fully saturated rings. The monoisotopic (exact) mass is 335 g/mol. The fraction of sp³-hybridized carbons (Fsp3) is 0.0556. The van der Waals surface area contributed by atoms with Crippen LogP contribution in [0.5, 0.6) is 5.75 Å². The van der Waals surface area contributed by atoms with Crippen molar-refractivity contribution in [2.75, 3.05) is 7.11 Å². The Kier molecular flexibility index (Phi) is 4.64. The Balaban J connectivity index is 1.84. The molecule has 1 heterocycles. The lowest BCUT2D eigenvalue weighted by Gasteiger charge is -2.03. The first kappa shape index (κ1) is 15.8. The largest absolute Gasteiger partial charge is 0.494 e. The zero-order chi connectivity index (χ0) is 16.9. The Morgan fingerprint density at radius 1 is 1.21 bits per heavy atom. The molecule has 3 rings (SSSR count). The molecule has 1 amide bonds. The molecule has 5 nitrogen and oxygen atoms in total. The highest BCUT2D eigenvalue weighted by Crippen LogP contribution is 2.31. The molecule has 0 radical (unpaired) electrons. The maximum absolute atomic E-state index is 12.1. The Bertz CT molecular complexity index is 880. The van der Waals surface area contributed by atoms with Gasteiger partial charge in [0.05, 0.1) is 23.6 Å². The third kappa shape index (κ3) is 3.47. The van der Waals surface area contributed by atoms with Crippen molar-refractivity contribution in [3.8, 4) is 11.8 Å². The molecule has 118 valence electrons. The van der Waals surface area contributed by atoms with Crippen molar-refractivity contribution in [2.45, 2.75) is 0 Å². The lowest BCUT2D eigenvalue weighted by molar-refractivity contribution is -0.115. The van der Waals surface area contributed by atoms with Gasteiger partial charge >= 0.3 is 0 Å². The number of nitriles is 1. The van der Waals surface area contributed by atoms with Gasteiger partial charge in [-0.1, -0.05) is 24.3 Å². The number of thioether (sulfide) groups is 1. The number of hydrogen-bond donors (Lipinski definition) is 1. The highest BCUT2D eigenvalue weighted by atomic mass is 32.2. The molecule has 1 saturated heterocycles. The number of amides is 1. The number of hydrogen-bond acceptors (Lipinski definition) is 5. The summed E-state index contributed by atoms with van der Waals surface area (Å²) in [6.45, 7) is 0. The van der Waals surface area contributed by atoms with E-state index in [4.69, 9.17) is 10.00 Å². The van der Waals surface area contributed by atoms with Crippen LogP contribution in [0, 0.1) is 11.3 Å². The van der Waals surface area contributed by atoms with Gasteiger partial charge in [-0.2, -0.15) is 5.26 Å². The van der Waals surface area contributed by atoms with Crippen molar-refractivity contribution in [2.24, 2.45) is 4.99 Å². The molecule has 1 N–H and O–H groups in total. The van der Waals surface area contributed by atoms with Gasteiger partial charge in [-0.3, -0.25) is 4.79 Å². The van der Waals surface area contributed by atoms with Gasteiger partial charge in [-0.15, -0.1) is 0 Å². The van der Waals surface area contributed by atoms with Crippen LogP contribution in [-0.4, -0.2) is 18.2 Å². The van der Waals surface area contributed by atoms with Gasteiger partial charge < -0.3 is 10.1 Å². The molecule has 2 aromatic rings. The topological polar surface area (TPSA) is 74.5 Å². The molecule has 1 aliphatic rings. The second kappa shape index (κ2) is 7.02. The number of ether oxygens (including phenoxy) is 1. The number of rotatable bonds is 3. The van der Waals surface area contributed by atoms with Gasteiger partial charge in [0, 0.05) is 0 Å². The normalized spacial score (nSPS) is 16.9. The van der Waals surface area contributed by atoms with Crippen molar-refractivity contribution in [3.05, 3.63) is 64.6 Å². The fourth-order valence-electron chi connectivity index (χ4n) is 2.12. The number of nitrogens with zero attached hydrogens (tertiary/aromatic N) is 2. The first-order valence-corrected chi connectivity index (χ1v) is 7.94. The van der Waals surface area contributed by atoms with E-state index in [1.54, 1.807) is 37.5 Å². The lowest BCUT2D eigenvalue weighted by Crippen LogP contribution is -2.19. The van der Waals surface area contributed by atoms with Crippen LogP contribution in [0.25, 0.3) is 6.08 Å². The van der Waals surface area contributed by atoms with E-state index in [9.17, 15) is 4.79 Å². The van der Waals surface area contributed by atoms with Crippen molar-refractivity contribution in [1.29, 1.82) is 5.26 Å². The van der Waals surface area contributed by atoms with E-state index in [-0.39, 0.29) is 5.91 Å². The van der Waals surface area contributed by atoms with Gasteiger partial charge in [-0.25, -0.2) is 4.99 Å². The van der Waals surface area contributed by atoms with Gasteiger partial charge in [-0.05, 0) is 47.7 Å². The summed E-state index contributed by atoms with van der Waals surface area (Å²) in [5.41, 5.74) is 2.09. The summed E-state index contributed by atoms with van der Waals surface area (Å²) in [5, 5.41) is 12.1. The minimum absolute atomic E-state index is 0.196. The van der Waals surface area contributed by atoms with Crippen LogP contribution in [0.15, 0.2) is 58.4 Å². The predicted octanol–water partition coefficient (Wildman–Crippen LogP) is 3.46. The van der Waals surface area contributed by atoms with Gasteiger partial charge in [0.2, 0.25) is 0 Å². The van der Waals surface area contributed by atoms with E-state index in [0.29, 0.717) is 27.1 Å². The number of carbonyl (C=O) groups excluding carboxylic acids is 1. The summed E-state index contributed by atoms with van der Waals surface area (Å²) in [5.74, 6) is 0.447. The summed E-state index contributed by atoms with van der Waals surface area (Å²) < 4.78 is 5.26. The smallest absolute Gasteiger partial charge is 0.264 e. The molecule has 0 unspecified atom stereocenters. The maximum Gasteiger partial charge on any atom is 0.264 e. The molecule has 0 spiro atoms. The quantitative estimate of drug-likeness (QED) is 0.872. The van der Waals surface area contributed by atoms with Crippen LogP contribution >= 0.6 is 11.8 Å². The van der Waals surface area contributed by atoms with Crippen LogP contribution in [-0.2, 0) is 4.79 Å². The van der Waals surface area contributed by atoms with E-state index in [1.165, 1.54) is 11.8 Å². The first-order chi connectivity index (χ1) is 11.7. The Morgan fingerprint density at radius 3 is 2.67 bits per heavy atom. The molecule has 2 aromatic carbocycles. The molecule has 0 saturated carbocycles. The Labute approximate surface area is 143 Å². The molecule has 0 bridgehead atoms. The van der Waals surface area contributed by atoms with Crippen molar-refractivity contribution in [1.82, 2.24) is 5.32 Å². The van der Waals surface area contributed by atoms with Crippen LogP contribution in [0.1, 0.15) is 11.1 Å². The van der Waals surface area contributed by atoms with Gasteiger partial charge in [0.15, 0.2) is 5.17 Å². The van der Waals surface area contributed by atoms with Crippen LogP contribution in [0.4, 0.5) is 5.69 Å². The molecular formula is C18H13N3O2S. The third-order valence-corrected chi connectivity index (χ3v) is 4.21. The zero-order valence-corrected chi connectivity index (χ0v) is 13.6. The molecular weight excluding hydrogens is 322 g/mol. The van der Waals surface area contributed by atoms with Crippen molar-refractivity contribution in [3.63, 3.8) is 0 Å². The number of para-hydroxylation sites is 2. The molecule has 6 heteroatoms. The molecule has 0 aromatic heterocycles. The van der Waals surface area contributed by atoms with E-state index in [0.717, 1.165) is 5.56 Å². The summed E-state index contributed by atoms with van der Waals surface area (Å²) >= 11 is 1.27. The van der Waals surface area contributed by atoms with Gasteiger partial charge in [0.1, 0.15) is 11.4 Å². The third-order valence-electron chi connectivity index (χ3n) is 3.30. The number of nitrogens with one attached hydrogen (secondary N) is 1. The molecule has 0 atom stereocenters. The van der Waals surface area contributed by atoms with E-state index >= 15 is 0 Å². The SMILES string of the molecule is COc1ccccc1N=C1NC(=O)/C(=C/c2ccc(C#N)cc2)S1. The molecule has 0 aliphatic carbocycles. The lowest BCUT2D eigenvalue weighted by atomic mass is 10.1. The van der Waals surface area contributed by atoms with Crippen molar-refractivity contribution < 1.29 is 9.53 Å². The predicted molar refractivity (Wildman–Crippen MR) is 95.0 cm³/mol. The molecule has 24 heavy (non-hydrogen) atoms. The number of methoxy groups -OCH3 is 1. The summed E-state index contributed by atoms with van der Waals surface area (Å²) in [4.78, 5) is 17.1. The highest BCUT2D eigenvalue weighted by Gasteiger charge is 2.24. The van der Waals surface area contributed by atoms with Crippen LogP contribution < -0.4 is 10.1 Å². The fourth-order valence-corrected chi connectivity index (χ4v) is 2.95. The first-order valence-electron chi connectivity index (χ1n) is 7.12. The van der Waals surface area contributed by atoms with E-state index in [1.807, 2.05) is 24.3 Å². The summed E-state index contributed by atoms with van der Waals surface area (Å²) in [6, 6.07) is 16.5. The highest BCUT2D eigenvalue weighted by molar-refractivity contribution is 8.18. The van der Waals surface area contributed by atoms with Crippen LogP contribution in [0.3, 0.4) is 0 Å². The minimum atomic E-state index is -0.196. The minimum Gasteiger partial charge on any atom is -0.494 e. The number of benzene rings is 2. The summed E-state index contributed by atoms with van der Waals surface area (Å²) in [7, 11) is 1.58. The standard InChI is InChI=1S/C18H13N3O2S/c1-23-15-5-3-2-4-14(15)20-18-21-17(22)16(24-18)10-12-6-8-13(11-19)9-7-12/h2-10H,1H3,(H,20,21,22)/b16-10-. The van der Waals surface area contributed by atoms with E-state index < -0.39 is 0 Å². The maximum atomic E-state index is 12.1. The number of aliphatic imine (C=N–C) groups is 1. The zero-order valence-electron chi connectivity index (χ0n) is 12.8.